The summed E-state index contributed by atoms with van der Waals surface area (Å²) in [6, 6.07) is 26.5. The number of hydrogen-bond acceptors (Lipinski definition) is 5. The molecule has 3 atom stereocenters. The number of aliphatic hydroxyl groups is 1. The second-order valence-corrected chi connectivity index (χ2v) is 8.87. The molecule has 36 heavy (non-hydrogen) atoms. The fourth-order valence-corrected chi connectivity index (χ4v) is 4.33. The molecule has 1 unspecified atom stereocenters. The lowest BCUT2D eigenvalue weighted by Gasteiger charge is -2.29. The summed E-state index contributed by atoms with van der Waals surface area (Å²) in [5.74, 6) is -1.07. The molecule has 0 heterocycles. The van der Waals surface area contributed by atoms with Crippen molar-refractivity contribution < 1.29 is 19.4 Å². The summed E-state index contributed by atoms with van der Waals surface area (Å²) in [6.45, 7) is 0.807. The first-order chi connectivity index (χ1) is 17.5. The molecular formula is C29H35N3O4. The number of anilines is 1. The maximum Gasteiger partial charge on any atom is 0.224 e. The van der Waals surface area contributed by atoms with Gasteiger partial charge in [-0.2, -0.15) is 0 Å². The van der Waals surface area contributed by atoms with E-state index in [0.717, 1.165) is 16.9 Å². The van der Waals surface area contributed by atoms with Gasteiger partial charge in [0.1, 0.15) is 5.75 Å². The number of amides is 2. The number of ether oxygens (including phenoxy) is 1. The lowest BCUT2D eigenvalue weighted by Crippen LogP contribution is -2.42. The van der Waals surface area contributed by atoms with E-state index in [9.17, 15) is 14.7 Å². The van der Waals surface area contributed by atoms with E-state index in [0.29, 0.717) is 18.7 Å². The van der Waals surface area contributed by atoms with Crippen LogP contribution in [0.15, 0.2) is 84.9 Å². The van der Waals surface area contributed by atoms with Crippen molar-refractivity contribution in [3.8, 4) is 5.75 Å². The van der Waals surface area contributed by atoms with Crippen LogP contribution < -0.4 is 21.1 Å². The molecule has 3 rings (SSSR count). The van der Waals surface area contributed by atoms with Gasteiger partial charge in [0, 0.05) is 37.0 Å². The Labute approximate surface area is 212 Å². The number of rotatable bonds is 14. The van der Waals surface area contributed by atoms with Crippen LogP contribution in [0.1, 0.15) is 24.0 Å². The zero-order valence-corrected chi connectivity index (χ0v) is 20.6. The van der Waals surface area contributed by atoms with Crippen LogP contribution in [0, 0.1) is 11.8 Å². The van der Waals surface area contributed by atoms with Crippen LogP contribution in [0.3, 0.4) is 0 Å². The molecule has 0 aliphatic rings. The van der Waals surface area contributed by atoms with Gasteiger partial charge in [0.2, 0.25) is 11.8 Å². The Morgan fingerprint density at radius 3 is 2.28 bits per heavy atom. The number of nitrogens with one attached hydrogen (secondary N) is 2. The Balaban J connectivity index is 1.66. The topological polar surface area (TPSA) is 114 Å². The fourth-order valence-electron chi connectivity index (χ4n) is 4.33. The third-order valence-electron chi connectivity index (χ3n) is 6.25. The van der Waals surface area contributed by atoms with E-state index in [4.69, 9.17) is 10.5 Å². The van der Waals surface area contributed by atoms with E-state index in [-0.39, 0.29) is 25.3 Å². The summed E-state index contributed by atoms with van der Waals surface area (Å²) < 4.78 is 5.27. The summed E-state index contributed by atoms with van der Waals surface area (Å²) in [6.07, 6.45) is -0.00190. The van der Waals surface area contributed by atoms with E-state index in [1.807, 2.05) is 72.8 Å². The highest BCUT2D eigenvalue weighted by atomic mass is 16.5. The van der Waals surface area contributed by atoms with Crippen LogP contribution in [0.5, 0.6) is 5.75 Å². The van der Waals surface area contributed by atoms with E-state index in [2.05, 4.69) is 10.6 Å². The number of hydrogen-bond donors (Lipinski definition) is 4. The summed E-state index contributed by atoms with van der Waals surface area (Å²) in [5.41, 5.74) is 8.51. The minimum absolute atomic E-state index is 0.123. The molecular weight excluding hydrogens is 454 g/mol. The largest absolute Gasteiger partial charge is 0.497 e. The van der Waals surface area contributed by atoms with Gasteiger partial charge in [-0.1, -0.05) is 60.7 Å². The number of methoxy groups -OCH3 is 1. The van der Waals surface area contributed by atoms with Crippen LogP contribution in [-0.2, 0) is 22.6 Å². The smallest absolute Gasteiger partial charge is 0.224 e. The fraction of sp³-hybridized carbons (Fsp3) is 0.310. The van der Waals surface area contributed by atoms with Gasteiger partial charge in [-0.3, -0.25) is 9.59 Å². The standard InChI is InChI=1S/C29H35N3O4/c1-36-24-14-8-11-22(17-24)19-31-20-27(33)26(18-21-9-4-2-5-10-21)25(29(30)35)15-16-28(34)32-23-12-6-3-7-13-23/h2-14,17,25-27,31,33H,15-16,18-20H2,1H3,(H2,30,35)(H,32,34)/t25?,26-,27-/m0/s1. The van der Waals surface area contributed by atoms with Crippen molar-refractivity contribution in [2.75, 3.05) is 19.0 Å². The zero-order chi connectivity index (χ0) is 25.8. The average molecular weight is 490 g/mol. The molecule has 0 aliphatic heterocycles. The number of aliphatic hydroxyl groups excluding tert-OH is 1. The van der Waals surface area contributed by atoms with Crippen molar-refractivity contribution in [2.45, 2.75) is 31.9 Å². The first kappa shape index (κ1) is 26.9. The minimum Gasteiger partial charge on any atom is -0.497 e. The van der Waals surface area contributed by atoms with Gasteiger partial charge in [-0.25, -0.2) is 0 Å². The van der Waals surface area contributed by atoms with Gasteiger partial charge in [0.25, 0.3) is 0 Å². The molecule has 3 aromatic rings. The summed E-state index contributed by atoms with van der Waals surface area (Å²) >= 11 is 0. The van der Waals surface area contributed by atoms with Crippen LogP contribution in [-0.4, -0.2) is 36.7 Å². The minimum atomic E-state index is -0.842. The first-order valence-corrected chi connectivity index (χ1v) is 12.2. The molecule has 0 bridgehead atoms. The Bertz CT molecular complexity index is 1090. The maximum absolute atomic E-state index is 12.5. The summed E-state index contributed by atoms with van der Waals surface area (Å²) in [5, 5.41) is 17.3. The molecule has 0 saturated carbocycles. The van der Waals surface area contributed by atoms with Crippen LogP contribution in [0.4, 0.5) is 5.69 Å². The second-order valence-electron chi connectivity index (χ2n) is 8.87. The monoisotopic (exact) mass is 489 g/mol. The SMILES string of the molecule is COc1cccc(CNC[C@H](O)[C@@H](Cc2ccccc2)C(CCC(=O)Nc2ccccc2)C(N)=O)c1. The zero-order valence-electron chi connectivity index (χ0n) is 20.6. The Kier molecular flexibility index (Phi) is 10.5. The molecule has 0 spiro atoms. The van der Waals surface area contributed by atoms with Gasteiger partial charge in [0.05, 0.1) is 13.2 Å². The van der Waals surface area contributed by atoms with Gasteiger partial charge in [-0.15, -0.1) is 0 Å². The number of carbonyl (C=O) groups excluding carboxylic acids is 2. The molecule has 0 fully saturated rings. The molecule has 0 aliphatic carbocycles. The average Bonchev–Trinajstić information content (AvgIpc) is 2.89. The highest BCUT2D eigenvalue weighted by Gasteiger charge is 2.32. The van der Waals surface area contributed by atoms with Gasteiger partial charge >= 0.3 is 0 Å². The predicted molar refractivity (Wildman–Crippen MR) is 141 cm³/mol. The highest BCUT2D eigenvalue weighted by molar-refractivity contribution is 5.91. The van der Waals surface area contributed by atoms with Crippen molar-refractivity contribution in [3.63, 3.8) is 0 Å². The van der Waals surface area contributed by atoms with Crippen LogP contribution >= 0.6 is 0 Å². The van der Waals surface area contributed by atoms with Crippen molar-refractivity contribution in [2.24, 2.45) is 17.6 Å². The molecule has 7 nitrogen and oxygen atoms in total. The normalized spacial score (nSPS) is 13.4. The first-order valence-electron chi connectivity index (χ1n) is 12.2. The number of carbonyl (C=O) groups is 2. The van der Waals surface area contributed by atoms with Crippen molar-refractivity contribution >= 4 is 17.5 Å². The summed E-state index contributed by atoms with van der Waals surface area (Å²) in [4.78, 5) is 25.0. The third kappa shape index (κ3) is 8.52. The quantitative estimate of drug-likeness (QED) is 0.277. The number of primary amides is 1. The molecule has 2 amide bonds. The van der Waals surface area contributed by atoms with E-state index < -0.39 is 23.8 Å². The molecule has 7 heteroatoms. The van der Waals surface area contributed by atoms with Crippen molar-refractivity contribution in [1.82, 2.24) is 5.32 Å². The van der Waals surface area contributed by atoms with Crippen LogP contribution in [0.2, 0.25) is 0 Å². The molecule has 5 N–H and O–H groups in total. The number of nitrogens with two attached hydrogens (primary N) is 1. The summed E-state index contributed by atoms with van der Waals surface area (Å²) in [7, 11) is 1.62. The van der Waals surface area contributed by atoms with E-state index in [1.54, 1.807) is 19.2 Å². The molecule has 0 radical (unpaired) electrons. The number of benzene rings is 3. The van der Waals surface area contributed by atoms with E-state index >= 15 is 0 Å². The van der Waals surface area contributed by atoms with Gasteiger partial charge in [-0.05, 0) is 48.2 Å². The Morgan fingerprint density at radius 2 is 1.61 bits per heavy atom. The maximum atomic E-state index is 12.5. The predicted octanol–water partition coefficient (Wildman–Crippen LogP) is 3.53. The van der Waals surface area contributed by atoms with Crippen molar-refractivity contribution in [3.05, 3.63) is 96.1 Å². The third-order valence-corrected chi connectivity index (χ3v) is 6.25. The molecule has 0 aromatic heterocycles. The lowest BCUT2D eigenvalue weighted by molar-refractivity contribution is -0.126. The Hall–Kier alpha value is -3.68. The molecule has 190 valence electrons. The van der Waals surface area contributed by atoms with Gasteiger partial charge in [0.15, 0.2) is 0 Å². The van der Waals surface area contributed by atoms with Crippen molar-refractivity contribution in [1.29, 1.82) is 0 Å². The van der Waals surface area contributed by atoms with Crippen LogP contribution in [0.25, 0.3) is 0 Å². The molecule has 3 aromatic carbocycles. The second kappa shape index (κ2) is 14.0. The lowest BCUT2D eigenvalue weighted by atomic mass is 9.79. The van der Waals surface area contributed by atoms with E-state index in [1.165, 1.54) is 0 Å². The highest BCUT2D eigenvalue weighted by Crippen LogP contribution is 2.26. The Morgan fingerprint density at radius 1 is 0.944 bits per heavy atom. The van der Waals surface area contributed by atoms with Gasteiger partial charge < -0.3 is 26.2 Å². The molecule has 0 saturated heterocycles. The number of para-hydroxylation sites is 1.